The first-order valence-electron chi connectivity index (χ1n) is 8.13. The van der Waals surface area contributed by atoms with Gasteiger partial charge in [0.1, 0.15) is 0 Å². The van der Waals surface area contributed by atoms with E-state index in [9.17, 15) is 4.79 Å². The van der Waals surface area contributed by atoms with E-state index >= 15 is 0 Å². The molecule has 0 saturated heterocycles. The van der Waals surface area contributed by atoms with Gasteiger partial charge in [0.15, 0.2) is 0 Å². The molecule has 0 heterocycles. The number of carbonyl (C=O) groups excluding carboxylic acids is 1. The molecular formula is C20H23NO. The van der Waals surface area contributed by atoms with Crippen LogP contribution in [0.4, 0.5) is 5.69 Å². The summed E-state index contributed by atoms with van der Waals surface area (Å²) >= 11 is 0. The molecule has 3 rings (SSSR count). The summed E-state index contributed by atoms with van der Waals surface area (Å²) in [6, 6.07) is 14.5. The number of aryl methyl sites for hydroxylation is 2. The molecule has 1 aliphatic rings. The Hall–Kier alpha value is -2.09. The lowest BCUT2D eigenvalue weighted by Crippen LogP contribution is -2.16. The van der Waals surface area contributed by atoms with Crippen molar-refractivity contribution in [3.63, 3.8) is 0 Å². The maximum absolute atomic E-state index is 12.3. The van der Waals surface area contributed by atoms with Crippen LogP contribution in [0.5, 0.6) is 0 Å². The van der Waals surface area contributed by atoms with E-state index in [1.54, 1.807) is 0 Å². The molecule has 2 aromatic carbocycles. The number of fused-ring (bicyclic) bond motifs is 1. The molecular weight excluding hydrogens is 270 g/mol. The Morgan fingerprint density at radius 1 is 1.09 bits per heavy atom. The van der Waals surface area contributed by atoms with Crippen LogP contribution >= 0.6 is 0 Å². The second-order valence-corrected chi connectivity index (χ2v) is 6.42. The van der Waals surface area contributed by atoms with Crippen molar-refractivity contribution < 1.29 is 4.79 Å². The number of hydrogen-bond acceptors (Lipinski definition) is 1. The Morgan fingerprint density at radius 2 is 1.86 bits per heavy atom. The van der Waals surface area contributed by atoms with Gasteiger partial charge in [0.05, 0.1) is 6.42 Å². The predicted octanol–water partition coefficient (Wildman–Crippen LogP) is 4.48. The standard InChI is InChI=1S/C20H23NO/c1-14(2)18-8-3-4-9-19(18)21-20(22)13-15-10-11-16-6-5-7-17(16)12-15/h3-4,8-12,14H,5-7,13H2,1-2H3,(H,21,22). The molecule has 0 bridgehead atoms. The summed E-state index contributed by atoms with van der Waals surface area (Å²) in [4.78, 5) is 12.3. The van der Waals surface area contributed by atoms with Crippen molar-refractivity contribution in [2.24, 2.45) is 0 Å². The molecule has 1 N–H and O–H groups in total. The zero-order valence-corrected chi connectivity index (χ0v) is 13.4. The van der Waals surface area contributed by atoms with Crippen LogP contribution in [0.2, 0.25) is 0 Å². The van der Waals surface area contributed by atoms with Crippen LogP contribution in [0.1, 0.15) is 48.4 Å². The van der Waals surface area contributed by atoms with Crippen molar-refractivity contribution >= 4 is 11.6 Å². The van der Waals surface area contributed by atoms with E-state index in [2.05, 4.69) is 43.4 Å². The molecule has 22 heavy (non-hydrogen) atoms. The Labute approximate surface area is 132 Å². The number of rotatable bonds is 4. The summed E-state index contributed by atoms with van der Waals surface area (Å²) in [5.41, 5.74) is 6.11. The minimum absolute atomic E-state index is 0.0612. The van der Waals surface area contributed by atoms with Gasteiger partial charge >= 0.3 is 0 Å². The fraction of sp³-hybridized carbons (Fsp3) is 0.350. The van der Waals surface area contributed by atoms with Crippen LogP contribution in [0.15, 0.2) is 42.5 Å². The molecule has 0 saturated carbocycles. The zero-order valence-electron chi connectivity index (χ0n) is 13.4. The molecule has 1 aliphatic carbocycles. The molecule has 2 nitrogen and oxygen atoms in total. The van der Waals surface area contributed by atoms with E-state index in [4.69, 9.17) is 0 Å². The highest BCUT2D eigenvalue weighted by Gasteiger charge is 2.13. The maximum atomic E-state index is 12.3. The smallest absolute Gasteiger partial charge is 0.228 e. The Kier molecular flexibility index (Phi) is 4.28. The van der Waals surface area contributed by atoms with Gasteiger partial charge in [-0.1, -0.05) is 50.2 Å². The van der Waals surface area contributed by atoms with Crippen LogP contribution in [0.25, 0.3) is 0 Å². The minimum atomic E-state index is 0.0612. The summed E-state index contributed by atoms with van der Waals surface area (Å²) in [5.74, 6) is 0.461. The number of carbonyl (C=O) groups is 1. The first-order valence-corrected chi connectivity index (χ1v) is 8.13. The summed E-state index contributed by atoms with van der Waals surface area (Å²) in [7, 11) is 0. The maximum Gasteiger partial charge on any atom is 0.228 e. The van der Waals surface area contributed by atoms with Gasteiger partial charge in [0, 0.05) is 5.69 Å². The fourth-order valence-electron chi connectivity index (χ4n) is 3.23. The van der Waals surface area contributed by atoms with E-state index in [0.29, 0.717) is 12.3 Å². The van der Waals surface area contributed by atoms with E-state index in [1.165, 1.54) is 29.5 Å². The molecule has 0 unspecified atom stereocenters. The average Bonchev–Trinajstić information content (AvgIpc) is 2.95. The van der Waals surface area contributed by atoms with E-state index in [0.717, 1.165) is 17.7 Å². The van der Waals surface area contributed by atoms with Gasteiger partial charge < -0.3 is 5.32 Å². The van der Waals surface area contributed by atoms with Crippen LogP contribution in [-0.4, -0.2) is 5.91 Å². The fourth-order valence-corrected chi connectivity index (χ4v) is 3.23. The minimum Gasteiger partial charge on any atom is -0.326 e. The zero-order chi connectivity index (χ0) is 15.5. The molecule has 0 aliphatic heterocycles. The van der Waals surface area contributed by atoms with Gasteiger partial charge in [-0.25, -0.2) is 0 Å². The van der Waals surface area contributed by atoms with Gasteiger partial charge in [-0.2, -0.15) is 0 Å². The third kappa shape index (κ3) is 3.22. The van der Waals surface area contributed by atoms with Crippen molar-refractivity contribution in [3.8, 4) is 0 Å². The van der Waals surface area contributed by atoms with Gasteiger partial charge in [-0.3, -0.25) is 4.79 Å². The van der Waals surface area contributed by atoms with Crippen molar-refractivity contribution in [1.29, 1.82) is 0 Å². The second kappa shape index (κ2) is 6.35. The highest BCUT2D eigenvalue weighted by Crippen LogP contribution is 2.25. The van der Waals surface area contributed by atoms with Crippen molar-refractivity contribution in [3.05, 3.63) is 64.7 Å². The quantitative estimate of drug-likeness (QED) is 0.884. The lowest BCUT2D eigenvalue weighted by Gasteiger charge is -2.14. The molecule has 0 atom stereocenters. The van der Waals surface area contributed by atoms with E-state index < -0.39 is 0 Å². The SMILES string of the molecule is CC(C)c1ccccc1NC(=O)Cc1ccc2c(c1)CCC2. The normalized spacial score (nSPS) is 13.2. The molecule has 0 spiro atoms. The number of hydrogen-bond donors (Lipinski definition) is 1. The molecule has 114 valence electrons. The van der Waals surface area contributed by atoms with Crippen molar-refractivity contribution in [2.75, 3.05) is 5.32 Å². The van der Waals surface area contributed by atoms with Crippen molar-refractivity contribution in [1.82, 2.24) is 0 Å². The summed E-state index contributed by atoms with van der Waals surface area (Å²) in [6.07, 6.45) is 4.02. The largest absolute Gasteiger partial charge is 0.326 e. The number of amides is 1. The molecule has 1 amide bonds. The summed E-state index contributed by atoms with van der Waals surface area (Å²) < 4.78 is 0. The van der Waals surface area contributed by atoms with Gasteiger partial charge in [-0.15, -0.1) is 0 Å². The number of para-hydroxylation sites is 1. The lowest BCUT2D eigenvalue weighted by atomic mass is 10.0. The number of benzene rings is 2. The number of anilines is 1. The number of nitrogens with one attached hydrogen (secondary N) is 1. The molecule has 0 aromatic heterocycles. The summed E-state index contributed by atoms with van der Waals surface area (Å²) in [6.45, 7) is 4.29. The van der Waals surface area contributed by atoms with Gasteiger partial charge in [0.25, 0.3) is 0 Å². The Balaban J connectivity index is 1.71. The second-order valence-electron chi connectivity index (χ2n) is 6.42. The highest BCUT2D eigenvalue weighted by atomic mass is 16.1. The van der Waals surface area contributed by atoms with E-state index in [-0.39, 0.29) is 5.91 Å². The topological polar surface area (TPSA) is 29.1 Å². The monoisotopic (exact) mass is 293 g/mol. The highest BCUT2D eigenvalue weighted by molar-refractivity contribution is 5.93. The summed E-state index contributed by atoms with van der Waals surface area (Å²) in [5, 5.41) is 3.07. The van der Waals surface area contributed by atoms with Crippen LogP contribution in [-0.2, 0) is 24.1 Å². The van der Waals surface area contributed by atoms with Crippen LogP contribution in [0, 0.1) is 0 Å². The molecule has 2 heteroatoms. The van der Waals surface area contributed by atoms with Crippen molar-refractivity contribution in [2.45, 2.75) is 45.4 Å². The first-order chi connectivity index (χ1) is 10.6. The Morgan fingerprint density at radius 3 is 2.68 bits per heavy atom. The van der Waals surface area contributed by atoms with E-state index in [1.807, 2.05) is 18.2 Å². The molecule has 0 fully saturated rings. The van der Waals surface area contributed by atoms with Crippen LogP contribution < -0.4 is 5.32 Å². The average molecular weight is 293 g/mol. The third-order valence-electron chi connectivity index (χ3n) is 4.38. The lowest BCUT2D eigenvalue weighted by molar-refractivity contribution is -0.115. The first kappa shape index (κ1) is 14.8. The predicted molar refractivity (Wildman–Crippen MR) is 91.3 cm³/mol. The van der Waals surface area contributed by atoms with Crippen LogP contribution in [0.3, 0.4) is 0 Å². The third-order valence-corrected chi connectivity index (χ3v) is 4.38. The molecule has 0 radical (unpaired) electrons. The Bertz CT molecular complexity index is 688. The van der Waals surface area contributed by atoms with Gasteiger partial charge in [-0.05, 0) is 53.5 Å². The van der Waals surface area contributed by atoms with Gasteiger partial charge in [0.2, 0.25) is 5.91 Å². The molecule has 2 aromatic rings.